The molecule has 0 radical (unpaired) electrons. The lowest BCUT2D eigenvalue weighted by atomic mass is 10.1. The minimum atomic E-state index is -0.841. The average Bonchev–Trinajstić information content (AvgIpc) is 2.70. The van der Waals surface area contributed by atoms with E-state index in [1.165, 1.54) is 12.3 Å². The summed E-state index contributed by atoms with van der Waals surface area (Å²) < 4.78 is 10.6. The second kappa shape index (κ2) is 4.71. The van der Waals surface area contributed by atoms with Crippen LogP contribution in [0.5, 0.6) is 0 Å². The minimum Gasteiger partial charge on any atom is -0.463 e. The van der Waals surface area contributed by atoms with Crippen LogP contribution in [0, 0.1) is 0 Å². The van der Waals surface area contributed by atoms with Crippen LogP contribution in [0.15, 0.2) is 33.4 Å². The summed E-state index contributed by atoms with van der Waals surface area (Å²) in [6.45, 7) is 1.84. The van der Waals surface area contributed by atoms with Gasteiger partial charge in [0.15, 0.2) is 0 Å². The SMILES string of the molecule is CCOC(=O)C(=O)c1ccc2occ(Br)c2c1. The predicted molar refractivity (Wildman–Crippen MR) is 64.9 cm³/mol. The molecule has 4 nitrogen and oxygen atoms in total. The lowest BCUT2D eigenvalue weighted by Gasteiger charge is -2.00. The van der Waals surface area contributed by atoms with Crippen molar-refractivity contribution < 1.29 is 18.7 Å². The van der Waals surface area contributed by atoms with E-state index >= 15 is 0 Å². The molecule has 2 rings (SSSR count). The first-order chi connectivity index (χ1) is 8.13. The molecule has 0 amide bonds. The summed E-state index contributed by atoms with van der Waals surface area (Å²) in [5.74, 6) is -1.49. The molecule has 1 aromatic carbocycles. The van der Waals surface area contributed by atoms with Crippen molar-refractivity contribution in [3.8, 4) is 0 Å². The molecule has 0 aliphatic rings. The summed E-state index contributed by atoms with van der Waals surface area (Å²) in [7, 11) is 0. The number of furan rings is 1. The Balaban J connectivity index is 2.39. The van der Waals surface area contributed by atoms with Crippen LogP contribution in [0.1, 0.15) is 17.3 Å². The van der Waals surface area contributed by atoms with Crippen LogP contribution in [0.3, 0.4) is 0 Å². The first-order valence-electron chi connectivity index (χ1n) is 5.01. The molecule has 0 bridgehead atoms. The van der Waals surface area contributed by atoms with E-state index in [1.54, 1.807) is 19.1 Å². The van der Waals surface area contributed by atoms with E-state index in [0.29, 0.717) is 5.58 Å². The van der Waals surface area contributed by atoms with Crippen LogP contribution in [-0.2, 0) is 9.53 Å². The number of halogens is 1. The standard InChI is InChI=1S/C12H9BrO4/c1-2-16-12(15)11(14)7-3-4-10-8(5-7)9(13)6-17-10/h3-6H,2H2,1H3. The highest BCUT2D eigenvalue weighted by molar-refractivity contribution is 9.10. The van der Waals surface area contributed by atoms with Crippen molar-refractivity contribution in [3.63, 3.8) is 0 Å². The van der Waals surface area contributed by atoms with Gasteiger partial charge in [-0.3, -0.25) is 4.79 Å². The van der Waals surface area contributed by atoms with Crippen molar-refractivity contribution in [2.75, 3.05) is 6.61 Å². The van der Waals surface area contributed by atoms with Gasteiger partial charge in [0.05, 0.1) is 11.1 Å². The topological polar surface area (TPSA) is 56.5 Å². The summed E-state index contributed by atoms with van der Waals surface area (Å²) in [6, 6.07) is 4.78. The number of hydrogen-bond acceptors (Lipinski definition) is 4. The number of benzene rings is 1. The molecule has 0 spiro atoms. The molecule has 17 heavy (non-hydrogen) atoms. The van der Waals surface area contributed by atoms with Crippen molar-refractivity contribution in [1.29, 1.82) is 0 Å². The van der Waals surface area contributed by atoms with Crippen LogP contribution in [-0.4, -0.2) is 18.4 Å². The molecule has 88 valence electrons. The monoisotopic (exact) mass is 296 g/mol. The number of carbonyl (C=O) groups excluding carboxylic acids is 2. The van der Waals surface area contributed by atoms with E-state index in [1.807, 2.05) is 0 Å². The van der Waals surface area contributed by atoms with E-state index in [4.69, 9.17) is 4.42 Å². The molecule has 0 atom stereocenters. The van der Waals surface area contributed by atoms with Gasteiger partial charge in [0.1, 0.15) is 11.8 Å². The lowest BCUT2D eigenvalue weighted by Crippen LogP contribution is -2.17. The Hall–Kier alpha value is -1.62. The van der Waals surface area contributed by atoms with Gasteiger partial charge >= 0.3 is 5.97 Å². The van der Waals surface area contributed by atoms with Crippen LogP contribution < -0.4 is 0 Å². The number of hydrogen-bond donors (Lipinski definition) is 0. The highest BCUT2D eigenvalue weighted by Gasteiger charge is 2.18. The van der Waals surface area contributed by atoms with Crippen LogP contribution >= 0.6 is 15.9 Å². The van der Waals surface area contributed by atoms with Gasteiger partial charge in [-0.15, -0.1) is 0 Å². The van der Waals surface area contributed by atoms with Crippen LogP contribution in [0.2, 0.25) is 0 Å². The fraction of sp³-hybridized carbons (Fsp3) is 0.167. The molecule has 0 unspecified atom stereocenters. The number of Topliss-reactive ketones (excluding diaryl/α,β-unsaturated/α-hetero) is 1. The summed E-state index contributed by atoms with van der Waals surface area (Å²) in [6.07, 6.45) is 1.53. The third kappa shape index (κ3) is 2.24. The Morgan fingerprint density at radius 3 is 2.88 bits per heavy atom. The smallest absolute Gasteiger partial charge is 0.379 e. The van der Waals surface area contributed by atoms with Crippen LogP contribution in [0.25, 0.3) is 11.0 Å². The van der Waals surface area contributed by atoms with Crippen molar-refractivity contribution in [3.05, 3.63) is 34.5 Å². The number of rotatable bonds is 3. The maximum atomic E-state index is 11.7. The largest absolute Gasteiger partial charge is 0.463 e. The van der Waals surface area contributed by atoms with Gasteiger partial charge < -0.3 is 9.15 Å². The van der Waals surface area contributed by atoms with Crippen molar-refractivity contribution in [2.24, 2.45) is 0 Å². The highest BCUT2D eigenvalue weighted by Crippen LogP contribution is 2.26. The van der Waals surface area contributed by atoms with Gasteiger partial charge in [0, 0.05) is 10.9 Å². The molecule has 1 aromatic heterocycles. The van der Waals surface area contributed by atoms with E-state index in [9.17, 15) is 9.59 Å². The fourth-order valence-electron chi connectivity index (χ4n) is 1.45. The Labute approximate surface area is 106 Å². The Bertz CT molecular complexity index is 585. The first-order valence-corrected chi connectivity index (χ1v) is 5.81. The molecular weight excluding hydrogens is 288 g/mol. The normalized spacial score (nSPS) is 10.5. The number of fused-ring (bicyclic) bond motifs is 1. The zero-order valence-corrected chi connectivity index (χ0v) is 10.6. The zero-order chi connectivity index (χ0) is 12.4. The molecule has 5 heteroatoms. The van der Waals surface area contributed by atoms with Crippen molar-refractivity contribution >= 4 is 38.7 Å². The summed E-state index contributed by atoms with van der Waals surface area (Å²) in [4.78, 5) is 23.0. The Morgan fingerprint density at radius 2 is 2.18 bits per heavy atom. The maximum absolute atomic E-state index is 11.7. The molecule has 1 heterocycles. The fourth-order valence-corrected chi connectivity index (χ4v) is 1.86. The lowest BCUT2D eigenvalue weighted by molar-refractivity contribution is -0.137. The van der Waals surface area contributed by atoms with Gasteiger partial charge in [0.25, 0.3) is 5.78 Å². The molecule has 0 aliphatic heterocycles. The van der Waals surface area contributed by atoms with Gasteiger partial charge in [-0.2, -0.15) is 0 Å². The van der Waals surface area contributed by atoms with E-state index in [0.717, 1.165) is 9.86 Å². The Morgan fingerprint density at radius 1 is 1.41 bits per heavy atom. The number of ketones is 1. The van der Waals surface area contributed by atoms with Gasteiger partial charge in [-0.25, -0.2) is 4.79 Å². The molecule has 0 aliphatic carbocycles. The molecule has 0 fully saturated rings. The quantitative estimate of drug-likeness (QED) is 0.496. The zero-order valence-electron chi connectivity index (χ0n) is 9.03. The highest BCUT2D eigenvalue weighted by atomic mass is 79.9. The van der Waals surface area contributed by atoms with E-state index in [2.05, 4.69) is 20.7 Å². The van der Waals surface area contributed by atoms with E-state index < -0.39 is 11.8 Å². The summed E-state index contributed by atoms with van der Waals surface area (Å²) >= 11 is 3.30. The summed E-state index contributed by atoms with van der Waals surface area (Å²) in [5.41, 5.74) is 0.940. The van der Waals surface area contributed by atoms with E-state index in [-0.39, 0.29) is 12.2 Å². The van der Waals surface area contributed by atoms with Crippen LogP contribution in [0.4, 0.5) is 0 Å². The second-order valence-electron chi connectivity index (χ2n) is 3.34. The molecule has 0 saturated heterocycles. The predicted octanol–water partition coefficient (Wildman–Crippen LogP) is 2.94. The third-order valence-corrected chi connectivity index (χ3v) is 2.86. The van der Waals surface area contributed by atoms with Gasteiger partial charge in [-0.1, -0.05) is 0 Å². The third-order valence-electron chi connectivity index (χ3n) is 2.25. The second-order valence-corrected chi connectivity index (χ2v) is 4.20. The molecule has 2 aromatic rings. The maximum Gasteiger partial charge on any atom is 0.379 e. The minimum absolute atomic E-state index is 0.183. The van der Waals surface area contributed by atoms with Gasteiger partial charge in [-0.05, 0) is 41.1 Å². The number of carbonyl (C=O) groups is 2. The van der Waals surface area contributed by atoms with Crippen molar-refractivity contribution in [2.45, 2.75) is 6.92 Å². The Kier molecular flexibility index (Phi) is 3.28. The molecule has 0 N–H and O–H groups in total. The molecule has 0 saturated carbocycles. The first kappa shape index (κ1) is 11.9. The average molecular weight is 297 g/mol. The number of esters is 1. The van der Waals surface area contributed by atoms with Crippen molar-refractivity contribution in [1.82, 2.24) is 0 Å². The number of ether oxygens (including phenoxy) is 1. The summed E-state index contributed by atoms with van der Waals surface area (Å²) in [5, 5.41) is 0.750. The van der Waals surface area contributed by atoms with Gasteiger partial charge in [0.2, 0.25) is 0 Å². The molecular formula is C12H9BrO4.